The van der Waals surface area contributed by atoms with E-state index < -0.39 is 0 Å². The van der Waals surface area contributed by atoms with Crippen molar-refractivity contribution in [1.82, 2.24) is 4.90 Å². The van der Waals surface area contributed by atoms with Gasteiger partial charge in [0.1, 0.15) is 11.5 Å². The van der Waals surface area contributed by atoms with Gasteiger partial charge in [-0.1, -0.05) is 19.4 Å². The molecule has 0 unspecified atom stereocenters. The molecule has 0 aliphatic carbocycles. The third-order valence-corrected chi connectivity index (χ3v) is 4.72. The van der Waals surface area contributed by atoms with Crippen LogP contribution in [0.1, 0.15) is 37.7 Å². The molecule has 1 saturated heterocycles. The minimum absolute atomic E-state index is 0.604. The Morgan fingerprint density at radius 2 is 2.30 bits per heavy atom. The summed E-state index contributed by atoms with van der Waals surface area (Å²) in [5, 5.41) is 0. The first kappa shape index (κ1) is 13.7. The normalized spacial score (nSPS) is 25.5. The molecule has 0 N–H and O–H groups in total. The van der Waals surface area contributed by atoms with Crippen molar-refractivity contribution in [1.29, 1.82) is 0 Å². The van der Waals surface area contributed by atoms with Crippen molar-refractivity contribution < 1.29 is 9.47 Å². The van der Waals surface area contributed by atoms with E-state index in [-0.39, 0.29) is 0 Å². The van der Waals surface area contributed by atoms with E-state index in [9.17, 15) is 0 Å². The zero-order chi connectivity index (χ0) is 13.9. The number of fused-ring (bicyclic) bond motifs is 3. The van der Waals surface area contributed by atoms with Gasteiger partial charge in [0.15, 0.2) is 0 Å². The van der Waals surface area contributed by atoms with E-state index in [2.05, 4.69) is 24.0 Å². The summed E-state index contributed by atoms with van der Waals surface area (Å²) in [4.78, 5) is 2.61. The van der Waals surface area contributed by atoms with Crippen molar-refractivity contribution in [3.8, 4) is 11.5 Å². The lowest BCUT2D eigenvalue weighted by atomic mass is 9.78. The minimum atomic E-state index is 0.604. The van der Waals surface area contributed by atoms with Crippen LogP contribution in [0.4, 0.5) is 0 Å². The zero-order valence-corrected chi connectivity index (χ0v) is 12.6. The van der Waals surface area contributed by atoms with Crippen LogP contribution in [0.3, 0.4) is 0 Å². The molecule has 3 rings (SSSR count). The van der Waals surface area contributed by atoms with Gasteiger partial charge in [-0.2, -0.15) is 0 Å². The second-order valence-corrected chi connectivity index (χ2v) is 5.99. The highest BCUT2D eigenvalue weighted by Crippen LogP contribution is 2.46. The molecule has 1 fully saturated rings. The number of hydrogen-bond donors (Lipinski definition) is 0. The number of hydrogen-bond acceptors (Lipinski definition) is 3. The summed E-state index contributed by atoms with van der Waals surface area (Å²) < 4.78 is 11.5. The van der Waals surface area contributed by atoms with Crippen molar-refractivity contribution in [2.75, 3.05) is 33.4 Å². The van der Waals surface area contributed by atoms with Gasteiger partial charge in [0.25, 0.3) is 0 Å². The van der Waals surface area contributed by atoms with Gasteiger partial charge in [0.2, 0.25) is 0 Å². The average molecular weight is 275 g/mol. The Balaban J connectivity index is 1.78. The summed E-state index contributed by atoms with van der Waals surface area (Å²) in [5.74, 6) is 3.25. The molecule has 1 aromatic rings. The molecular formula is C17H25NO2. The molecule has 110 valence electrons. The Morgan fingerprint density at radius 3 is 3.10 bits per heavy atom. The van der Waals surface area contributed by atoms with E-state index in [1.54, 1.807) is 7.11 Å². The molecule has 2 aliphatic rings. The number of methoxy groups -OCH3 is 1. The second-order valence-electron chi connectivity index (χ2n) is 5.99. The van der Waals surface area contributed by atoms with Crippen LogP contribution in [0, 0.1) is 5.92 Å². The van der Waals surface area contributed by atoms with Crippen molar-refractivity contribution in [3.63, 3.8) is 0 Å². The van der Waals surface area contributed by atoms with Crippen molar-refractivity contribution >= 4 is 0 Å². The molecule has 3 nitrogen and oxygen atoms in total. The summed E-state index contributed by atoms with van der Waals surface area (Å²) in [6, 6.07) is 6.17. The Hall–Kier alpha value is -1.22. The van der Waals surface area contributed by atoms with Crippen molar-refractivity contribution in [2.24, 2.45) is 5.92 Å². The molecule has 20 heavy (non-hydrogen) atoms. The van der Waals surface area contributed by atoms with Gasteiger partial charge in [-0.15, -0.1) is 0 Å². The predicted octanol–water partition coefficient (Wildman–Crippen LogP) is 3.29. The van der Waals surface area contributed by atoms with Crippen molar-refractivity contribution in [2.45, 2.75) is 32.1 Å². The van der Waals surface area contributed by atoms with Crippen LogP contribution in [0.5, 0.6) is 11.5 Å². The van der Waals surface area contributed by atoms with Crippen LogP contribution in [0.25, 0.3) is 0 Å². The quantitative estimate of drug-likeness (QED) is 0.841. The largest absolute Gasteiger partial charge is 0.496 e. The van der Waals surface area contributed by atoms with Crippen LogP contribution in [-0.4, -0.2) is 38.3 Å². The molecule has 2 aliphatic heterocycles. The Morgan fingerprint density at radius 1 is 1.40 bits per heavy atom. The van der Waals surface area contributed by atoms with E-state index in [4.69, 9.17) is 9.47 Å². The van der Waals surface area contributed by atoms with Gasteiger partial charge in [0, 0.05) is 18.0 Å². The summed E-state index contributed by atoms with van der Waals surface area (Å²) in [7, 11) is 1.76. The van der Waals surface area contributed by atoms with Gasteiger partial charge in [0.05, 0.1) is 13.7 Å². The first-order valence-corrected chi connectivity index (χ1v) is 7.85. The molecule has 2 heterocycles. The van der Waals surface area contributed by atoms with Crippen LogP contribution < -0.4 is 9.47 Å². The summed E-state index contributed by atoms with van der Waals surface area (Å²) >= 11 is 0. The fraction of sp³-hybridized carbons (Fsp3) is 0.647. The highest BCUT2D eigenvalue weighted by atomic mass is 16.5. The topological polar surface area (TPSA) is 21.7 Å². The van der Waals surface area contributed by atoms with Gasteiger partial charge < -0.3 is 14.4 Å². The molecule has 3 heteroatoms. The van der Waals surface area contributed by atoms with Crippen LogP contribution in [-0.2, 0) is 0 Å². The highest BCUT2D eigenvalue weighted by Gasteiger charge is 2.37. The maximum absolute atomic E-state index is 5.98. The summed E-state index contributed by atoms with van der Waals surface area (Å²) in [5.41, 5.74) is 1.31. The lowest BCUT2D eigenvalue weighted by Gasteiger charge is -2.42. The first-order chi connectivity index (χ1) is 9.83. The van der Waals surface area contributed by atoms with E-state index >= 15 is 0 Å². The number of unbranched alkanes of at least 4 members (excludes halogenated alkanes) is 1. The minimum Gasteiger partial charge on any atom is -0.496 e. The molecule has 0 saturated carbocycles. The number of benzene rings is 1. The van der Waals surface area contributed by atoms with Crippen molar-refractivity contribution in [3.05, 3.63) is 23.8 Å². The molecule has 0 amide bonds. The van der Waals surface area contributed by atoms with Gasteiger partial charge >= 0.3 is 0 Å². The van der Waals surface area contributed by atoms with Gasteiger partial charge in [-0.3, -0.25) is 0 Å². The van der Waals surface area contributed by atoms with Crippen LogP contribution in [0.15, 0.2) is 18.2 Å². The molecular weight excluding hydrogens is 250 g/mol. The molecule has 1 aromatic carbocycles. The van der Waals surface area contributed by atoms with Crippen LogP contribution in [0.2, 0.25) is 0 Å². The number of nitrogens with zero attached hydrogens (tertiary/aromatic N) is 1. The number of rotatable bonds is 4. The standard InChI is InChI=1S/C17H25NO2/c1-3-4-9-18-10-8-14-13(11-18)12-20-16-7-5-6-15(19-2)17(14)16/h5-7,13-14H,3-4,8-12H2,1-2H3/t13-,14+/m0/s1. The second kappa shape index (κ2) is 6.04. The lowest BCUT2D eigenvalue weighted by Crippen LogP contribution is -2.44. The van der Waals surface area contributed by atoms with E-state index in [1.165, 1.54) is 44.5 Å². The SMILES string of the molecule is CCCCN1CC[C@H]2c3c(OC)cccc3OC[C@@H]2C1. The average Bonchev–Trinajstić information content (AvgIpc) is 2.51. The fourth-order valence-electron chi connectivity index (χ4n) is 3.63. The lowest BCUT2D eigenvalue weighted by molar-refractivity contribution is 0.0907. The molecule has 0 aromatic heterocycles. The van der Waals surface area contributed by atoms with Gasteiger partial charge in [-0.25, -0.2) is 0 Å². The number of piperidine rings is 1. The molecule has 0 spiro atoms. The Bertz CT molecular complexity index is 446. The Labute approximate surface area is 121 Å². The number of likely N-dealkylation sites (tertiary alicyclic amines) is 1. The predicted molar refractivity (Wildman–Crippen MR) is 80.7 cm³/mol. The van der Waals surface area contributed by atoms with Gasteiger partial charge in [-0.05, 0) is 44.0 Å². The van der Waals surface area contributed by atoms with E-state index in [1.807, 2.05) is 6.07 Å². The van der Waals surface area contributed by atoms with E-state index in [0.29, 0.717) is 11.8 Å². The third kappa shape index (κ3) is 2.51. The van der Waals surface area contributed by atoms with Crippen LogP contribution >= 0.6 is 0 Å². The number of ether oxygens (including phenoxy) is 2. The first-order valence-electron chi connectivity index (χ1n) is 7.85. The fourth-order valence-corrected chi connectivity index (χ4v) is 3.63. The smallest absolute Gasteiger partial charge is 0.126 e. The molecule has 0 radical (unpaired) electrons. The highest BCUT2D eigenvalue weighted by molar-refractivity contribution is 5.49. The zero-order valence-electron chi connectivity index (χ0n) is 12.6. The van der Waals surface area contributed by atoms with E-state index in [0.717, 1.165) is 18.1 Å². The summed E-state index contributed by atoms with van der Waals surface area (Å²) in [6.07, 6.45) is 3.81. The summed E-state index contributed by atoms with van der Waals surface area (Å²) in [6.45, 7) is 6.73. The monoisotopic (exact) mass is 275 g/mol. The molecule has 0 bridgehead atoms. The maximum atomic E-state index is 5.98. The molecule has 2 atom stereocenters. The third-order valence-electron chi connectivity index (χ3n) is 4.72. The maximum Gasteiger partial charge on any atom is 0.126 e. The Kier molecular flexibility index (Phi) is 4.16.